The lowest BCUT2D eigenvalue weighted by Crippen LogP contribution is -2.35. The van der Waals surface area contributed by atoms with Gasteiger partial charge in [-0.1, -0.05) is 48.2 Å². The number of carbonyl (C=O) groups is 2. The van der Waals surface area contributed by atoms with Crippen molar-refractivity contribution in [2.75, 3.05) is 18.5 Å². The van der Waals surface area contributed by atoms with Gasteiger partial charge in [0.05, 0.1) is 12.3 Å². The van der Waals surface area contributed by atoms with Crippen LogP contribution in [0.15, 0.2) is 83.9 Å². The number of carbonyl (C=O) groups excluding carboxylic acids is 2. The third-order valence-corrected chi connectivity index (χ3v) is 6.51. The van der Waals surface area contributed by atoms with E-state index >= 15 is 0 Å². The summed E-state index contributed by atoms with van der Waals surface area (Å²) in [6.07, 6.45) is 0.562. The molecule has 4 rings (SSSR count). The fourth-order valence-corrected chi connectivity index (χ4v) is 4.83. The Balaban J connectivity index is 1.47. The molecular weight excluding hydrogens is 465 g/mol. The molecule has 1 aliphatic rings. The summed E-state index contributed by atoms with van der Waals surface area (Å²) in [6, 6.07) is 22.8. The fraction of sp³-hybridized carbons (Fsp3) is 0.222. The number of benzene rings is 3. The van der Waals surface area contributed by atoms with Crippen molar-refractivity contribution < 1.29 is 18.7 Å². The SMILES string of the molecule is CCOc1cccc(NC(=O)C[C@@H]2SC(=Nc3ccccc3)N(CCc3ccc(F)cc3)C2=O)c1. The number of rotatable bonds is 9. The molecule has 0 spiro atoms. The highest BCUT2D eigenvalue weighted by atomic mass is 32.2. The van der Waals surface area contributed by atoms with Crippen LogP contribution in [0.3, 0.4) is 0 Å². The van der Waals surface area contributed by atoms with Gasteiger partial charge in [0.2, 0.25) is 11.8 Å². The number of ether oxygens (including phenoxy) is 1. The first kappa shape index (κ1) is 24.5. The van der Waals surface area contributed by atoms with E-state index < -0.39 is 5.25 Å². The minimum absolute atomic E-state index is 0.0171. The predicted molar refractivity (Wildman–Crippen MR) is 138 cm³/mol. The van der Waals surface area contributed by atoms with E-state index in [2.05, 4.69) is 10.3 Å². The average molecular weight is 492 g/mol. The molecule has 0 aromatic heterocycles. The predicted octanol–water partition coefficient (Wildman–Crippen LogP) is 5.43. The van der Waals surface area contributed by atoms with Gasteiger partial charge in [0.15, 0.2) is 5.17 Å². The second kappa shape index (κ2) is 11.7. The summed E-state index contributed by atoms with van der Waals surface area (Å²) in [7, 11) is 0. The molecule has 1 heterocycles. The number of hydrogen-bond acceptors (Lipinski definition) is 5. The topological polar surface area (TPSA) is 71.0 Å². The number of hydrogen-bond donors (Lipinski definition) is 1. The minimum atomic E-state index is -0.583. The number of nitrogens with zero attached hydrogens (tertiary/aromatic N) is 2. The van der Waals surface area contributed by atoms with Gasteiger partial charge in [0.25, 0.3) is 0 Å². The van der Waals surface area contributed by atoms with Gasteiger partial charge in [-0.05, 0) is 55.3 Å². The van der Waals surface area contributed by atoms with Crippen LogP contribution in [0.4, 0.5) is 15.8 Å². The molecule has 180 valence electrons. The van der Waals surface area contributed by atoms with E-state index in [4.69, 9.17) is 4.74 Å². The molecule has 0 bridgehead atoms. The third-order valence-electron chi connectivity index (χ3n) is 5.34. The maximum atomic E-state index is 13.3. The summed E-state index contributed by atoms with van der Waals surface area (Å²) in [4.78, 5) is 32.3. The molecule has 1 N–H and O–H groups in total. The van der Waals surface area contributed by atoms with E-state index in [0.717, 1.165) is 11.3 Å². The molecular formula is C27H26FN3O3S. The van der Waals surface area contributed by atoms with E-state index in [9.17, 15) is 14.0 Å². The number of anilines is 1. The van der Waals surface area contributed by atoms with Crippen LogP contribution >= 0.6 is 11.8 Å². The molecule has 3 aromatic carbocycles. The Morgan fingerprint density at radius 1 is 1.09 bits per heavy atom. The van der Waals surface area contributed by atoms with Crippen LogP contribution in [-0.2, 0) is 16.0 Å². The standard InChI is InChI=1S/C27H26FN3O3S/c1-2-34-23-10-6-9-22(17-23)29-25(32)18-24-26(33)31(16-15-19-11-13-20(28)14-12-19)27(35-24)30-21-7-4-3-5-8-21/h3-14,17,24H,2,15-16,18H2,1H3,(H,29,32)/t24-/m0/s1. The fourth-order valence-electron chi connectivity index (χ4n) is 3.65. The maximum Gasteiger partial charge on any atom is 0.242 e. The Kier molecular flexibility index (Phi) is 8.15. The van der Waals surface area contributed by atoms with Crippen molar-refractivity contribution in [3.8, 4) is 5.75 Å². The van der Waals surface area contributed by atoms with Crippen LogP contribution in [0.25, 0.3) is 0 Å². The van der Waals surface area contributed by atoms with E-state index in [1.807, 2.05) is 43.3 Å². The van der Waals surface area contributed by atoms with Crippen molar-refractivity contribution >= 4 is 40.1 Å². The van der Waals surface area contributed by atoms with Gasteiger partial charge < -0.3 is 10.1 Å². The van der Waals surface area contributed by atoms with Gasteiger partial charge in [0, 0.05) is 24.7 Å². The van der Waals surface area contributed by atoms with Gasteiger partial charge in [0.1, 0.15) is 16.8 Å². The first-order chi connectivity index (χ1) is 17.0. The number of amides is 2. The molecule has 2 amide bonds. The van der Waals surface area contributed by atoms with Gasteiger partial charge in [-0.2, -0.15) is 0 Å². The molecule has 3 aromatic rings. The Hall–Kier alpha value is -3.65. The molecule has 35 heavy (non-hydrogen) atoms. The molecule has 0 radical (unpaired) electrons. The second-order valence-electron chi connectivity index (χ2n) is 7.92. The van der Waals surface area contributed by atoms with Crippen LogP contribution in [0.5, 0.6) is 5.75 Å². The lowest BCUT2D eigenvalue weighted by atomic mass is 10.1. The summed E-state index contributed by atoms with van der Waals surface area (Å²) in [5.41, 5.74) is 2.26. The zero-order valence-corrected chi connectivity index (χ0v) is 20.1. The summed E-state index contributed by atoms with van der Waals surface area (Å²) in [5.74, 6) is -0.0550. The molecule has 1 aliphatic heterocycles. The smallest absolute Gasteiger partial charge is 0.242 e. The number of thioether (sulfide) groups is 1. The van der Waals surface area contributed by atoms with Crippen LogP contribution < -0.4 is 10.1 Å². The molecule has 1 fully saturated rings. The van der Waals surface area contributed by atoms with E-state index in [1.54, 1.807) is 35.2 Å². The van der Waals surface area contributed by atoms with Gasteiger partial charge in [-0.3, -0.25) is 14.5 Å². The van der Waals surface area contributed by atoms with Crippen molar-refractivity contribution in [3.05, 3.63) is 90.2 Å². The van der Waals surface area contributed by atoms with Crippen molar-refractivity contribution in [3.63, 3.8) is 0 Å². The minimum Gasteiger partial charge on any atom is -0.494 e. The van der Waals surface area contributed by atoms with Gasteiger partial charge in [-0.25, -0.2) is 9.38 Å². The first-order valence-corrected chi connectivity index (χ1v) is 12.3. The lowest BCUT2D eigenvalue weighted by molar-refractivity contribution is -0.128. The average Bonchev–Trinajstić information content (AvgIpc) is 3.13. The Bertz CT molecular complexity index is 1200. The number of para-hydroxylation sites is 1. The van der Waals surface area contributed by atoms with Crippen LogP contribution in [-0.4, -0.2) is 40.3 Å². The molecule has 1 atom stereocenters. The molecule has 0 aliphatic carbocycles. The maximum absolute atomic E-state index is 13.3. The highest BCUT2D eigenvalue weighted by molar-refractivity contribution is 8.15. The van der Waals surface area contributed by atoms with Crippen molar-refractivity contribution in [2.24, 2.45) is 4.99 Å². The van der Waals surface area contributed by atoms with Crippen molar-refractivity contribution in [2.45, 2.75) is 25.0 Å². The molecule has 6 nitrogen and oxygen atoms in total. The van der Waals surface area contributed by atoms with E-state index in [-0.39, 0.29) is 24.1 Å². The Morgan fingerprint density at radius 2 is 1.86 bits per heavy atom. The largest absolute Gasteiger partial charge is 0.494 e. The summed E-state index contributed by atoms with van der Waals surface area (Å²) < 4.78 is 18.7. The summed E-state index contributed by atoms with van der Waals surface area (Å²) >= 11 is 1.29. The highest BCUT2D eigenvalue weighted by Crippen LogP contribution is 2.32. The molecule has 0 saturated carbocycles. The van der Waals surface area contributed by atoms with Gasteiger partial charge in [-0.15, -0.1) is 0 Å². The quantitative estimate of drug-likeness (QED) is 0.434. The number of halogens is 1. The van der Waals surface area contributed by atoms with Crippen molar-refractivity contribution in [1.29, 1.82) is 0 Å². The number of nitrogens with one attached hydrogen (secondary N) is 1. The zero-order chi connectivity index (χ0) is 24.6. The first-order valence-electron chi connectivity index (χ1n) is 11.4. The normalized spacial score (nSPS) is 16.5. The Labute approximate surface area is 208 Å². The van der Waals surface area contributed by atoms with Crippen LogP contribution in [0, 0.1) is 5.82 Å². The van der Waals surface area contributed by atoms with Gasteiger partial charge >= 0.3 is 0 Å². The van der Waals surface area contributed by atoms with E-state index in [1.165, 1.54) is 23.9 Å². The summed E-state index contributed by atoms with van der Waals surface area (Å²) in [5, 5.41) is 2.82. The molecule has 1 saturated heterocycles. The zero-order valence-electron chi connectivity index (χ0n) is 19.3. The Morgan fingerprint density at radius 3 is 2.60 bits per heavy atom. The van der Waals surface area contributed by atoms with E-state index in [0.29, 0.717) is 36.2 Å². The molecule has 0 unspecified atom stereocenters. The number of aliphatic imine (C=N–C) groups is 1. The highest BCUT2D eigenvalue weighted by Gasteiger charge is 2.39. The van der Waals surface area contributed by atoms with Crippen LogP contribution in [0.2, 0.25) is 0 Å². The summed E-state index contributed by atoms with van der Waals surface area (Å²) in [6.45, 7) is 2.81. The number of amidine groups is 1. The third kappa shape index (κ3) is 6.70. The van der Waals surface area contributed by atoms with Crippen molar-refractivity contribution in [1.82, 2.24) is 4.90 Å². The molecule has 8 heteroatoms. The monoisotopic (exact) mass is 491 g/mol. The second-order valence-corrected chi connectivity index (χ2v) is 9.09. The van der Waals surface area contributed by atoms with Crippen LogP contribution in [0.1, 0.15) is 18.9 Å². The lowest BCUT2D eigenvalue weighted by Gasteiger charge is -2.16.